The number of methoxy groups -OCH3 is 1. The number of amides is 1. The third kappa shape index (κ3) is 2.04. The molecule has 0 spiro atoms. The Morgan fingerprint density at radius 2 is 2.16 bits per heavy atom. The minimum absolute atomic E-state index is 0.0800. The first kappa shape index (κ1) is 12.3. The number of aliphatic hydroxyl groups is 1. The molecule has 2 aliphatic rings. The van der Waals surface area contributed by atoms with Gasteiger partial charge in [0.15, 0.2) is 0 Å². The van der Waals surface area contributed by atoms with E-state index in [1.807, 2.05) is 0 Å². The van der Waals surface area contributed by atoms with Crippen LogP contribution in [0, 0.1) is 5.92 Å². The van der Waals surface area contributed by atoms with Crippen LogP contribution in [0.2, 0.25) is 0 Å². The van der Waals surface area contributed by atoms with E-state index < -0.39 is 5.60 Å². The minimum atomic E-state index is -0.645. The molecule has 1 heterocycles. The summed E-state index contributed by atoms with van der Waals surface area (Å²) >= 11 is 0. The van der Waals surface area contributed by atoms with E-state index in [0.717, 1.165) is 12.8 Å². The summed E-state index contributed by atoms with van der Waals surface area (Å²) in [5.74, 6) is 0.810. The molecule has 1 aromatic rings. The minimum Gasteiger partial charge on any atom is -0.495 e. The number of hydrogen-bond acceptors (Lipinski definition) is 4. The number of carbonyl (C=O) groups is 1. The number of nitrogens with two attached hydrogens (primary N) is 1. The molecule has 0 atom stereocenters. The van der Waals surface area contributed by atoms with Crippen LogP contribution in [-0.4, -0.2) is 41.7 Å². The molecule has 1 amide bonds. The normalized spacial score (nSPS) is 20.8. The summed E-state index contributed by atoms with van der Waals surface area (Å²) in [6.07, 6.45) is 2.16. The first-order valence-electron chi connectivity index (χ1n) is 6.49. The lowest BCUT2D eigenvalue weighted by Gasteiger charge is -2.47. The number of β-amino-alcohol motifs (C(OH)–C–C–N with tert-alkyl or cyclic N) is 1. The van der Waals surface area contributed by atoms with Crippen molar-refractivity contribution in [2.75, 3.05) is 25.9 Å². The van der Waals surface area contributed by atoms with E-state index in [-0.39, 0.29) is 5.91 Å². The second kappa shape index (κ2) is 4.13. The van der Waals surface area contributed by atoms with E-state index in [1.165, 1.54) is 7.11 Å². The fraction of sp³-hybridized carbons (Fsp3) is 0.500. The van der Waals surface area contributed by atoms with Gasteiger partial charge in [-0.3, -0.25) is 4.79 Å². The van der Waals surface area contributed by atoms with E-state index in [4.69, 9.17) is 10.5 Å². The Bertz CT molecular complexity index is 519. The van der Waals surface area contributed by atoms with Crippen molar-refractivity contribution in [1.82, 2.24) is 4.90 Å². The van der Waals surface area contributed by atoms with Gasteiger partial charge in [0.05, 0.1) is 25.9 Å². The third-order valence-corrected chi connectivity index (χ3v) is 4.03. The van der Waals surface area contributed by atoms with Crippen molar-refractivity contribution in [3.8, 4) is 5.75 Å². The number of carbonyl (C=O) groups excluding carboxylic acids is 1. The Kier molecular flexibility index (Phi) is 2.67. The second-order valence-corrected chi connectivity index (χ2v) is 5.50. The molecular weight excluding hydrogens is 244 g/mol. The highest BCUT2D eigenvalue weighted by Gasteiger charge is 2.53. The van der Waals surface area contributed by atoms with Gasteiger partial charge in [0, 0.05) is 5.56 Å². The number of nitrogen functional groups attached to an aromatic ring is 1. The zero-order valence-electron chi connectivity index (χ0n) is 10.9. The van der Waals surface area contributed by atoms with Gasteiger partial charge in [-0.15, -0.1) is 0 Å². The molecule has 0 unspecified atom stereocenters. The van der Waals surface area contributed by atoms with E-state index in [9.17, 15) is 9.90 Å². The predicted molar refractivity (Wildman–Crippen MR) is 71.0 cm³/mol. The summed E-state index contributed by atoms with van der Waals surface area (Å²) in [6, 6.07) is 5.00. The second-order valence-electron chi connectivity index (χ2n) is 5.50. The number of anilines is 1. The maximum Gasteiger partial charge on any atom is 0.254 e. The molecule has 1 aliphatic carbocycles. The SMILES string of the molecule is COc1cc(C(=O)N2CC(O)(C3CC3)C2)ccc1N. The molecular formula is C14H18N2O3. The first-order chi connectivity index (χ1) is 9.03. The zero-order chi connectivity index (χ0) is 13.6. The standard InChI is InChI=1S/C14H18N2O3/c1-19-12-6-9(2-5-11(12)15)13(17)16-7-14(18,8-16)10-3-4-10/h2,5-6,10,18H,3-4,7-8,15H2,1H3. The number of hydrogen-bond donors (Lipinski definition) is 2. The molecule has 1 aromatic carbocycles. The Morgan fingerprint density at radius 1 is 1.47 bits per heavy atom. The summed E-state index contributed by atoms with van der Waals surface area (Å²) in [6.45, 7) is 0.867. The molecule has 0 bridgehead atoms. The highest BCUT2D eigenvalue weighted by molar-refractivity contribution is 5.96. The average Bonchev–Trinajstić information content (AvgIpc) is 3.19. The van der Waals surface area contributed by atoms with Crippen LogP contribution in [0.1, 0.15) is 23.2 Å². The van der Waals surface area contributed by atoms with Crippen LogP contribution in [0.5, 0.6) is 5.75 Å². The summed E-state index contributed by atoms with van der Waals surface area (Å²) < 4.78 is 5.11. The Labute approximate surface area is 112 Å². The highest BCUT2D eigenvalue weighted by atomic mass is 16.5. The van der Waals surface area contributed by atoms with Crippen molar-refractivity contribution >= 4 is 11.6 Å². The largest absolute Gasteiger partial charge is 0.495 e. The lowest BCUT2D eigenvalue weighted by Crippen LogP contribution is -2.64. The zero-order valence-corrected chi connectivity index (χ0v) is 10.9. The van der Waals surface area contributed by atoms with Crippen molar-refractivity contribution in [2.45, 2.75) is 18.4 Å². The molecule has 19 heavy (non-hydrogen) atoms. The van der Waals surface area contributed by atoms with Crippen molar-refractivity contribution in [1.29, 1.82) is 0 Å². The number of nitrogens with zero attached hydrogens (tertiary/aromatic N) is 1. The summed E-state index contributed by atoms with van der Waals surface area (Å²) in [5, 5.41) is 10.2. The quantitative estimate of drug-likeness (QED) is 0.793. The molecule has 0 radical (unpaired) electrons. The topological polar surface area (TPSA) is 75.8 Å². The molecule has 1 saturated carbocycles. The van der Waals surface area contributed by atoms with Gasteiger partial charge in [-0.1, -0.05) is 0 Å². The Balaban J connectivity index is 1.71. The lowest BCUT2D eigenvalue weighted by molar-refractivity contribution is -0.0958. The molecule has 1 saturated heterocycles. The van der Waals surface area contributed by atoms with Gasteiger partial charge in [-0.25, -0.2) is 0 Å². The number of rotatable bonds is 3. The highest BCUT2D eigenvalue weighted by Crippen LogP contribution is 2.44. The number of benzene rings is 1. The molecule has 3 N–H and O–H groups in total. The maximum atomic E-state index is 12.3. The average molecular weight is 262 g/mol. The first-order valence-corrected chi connectivity index (χ1v) is 6.49. The van der Waals surface area contributed by atoms with Crippen molar-refractivity contribution < 1.29 is 14.6 Å². The Morgan fingerprint density at radius 3 is 2.74 bits per heavy atom. The van der Waals surface area contributed by atoms with Crippen LogP contribution in [0.25, 0.3) is 0 Å². The van der Waals surface area contributed by atoms with Crippen LogP contribution in [0.4, 0.5) is 5.69 Å². The van der Waals surface area contributed by atoms with Crippen LogP contribution < -0.4 is 10.5 Å². The summed E-state index contributed by atoms with van der Waals surface area (Å²) in [4.78, 5) is 13.9. The van der Waals surface area contributed by atoms with Gasteiger partial charge in [-0.05, 0) is 37.0 Å². The van der Waals surface area contributed by atoms with E-state index in [1.54, 1.807) is 23.1 Å². The summed E-state index contributed by atoms with van der Waals surface area (Å²) in [7, 11) is 1.52. The van der Waals surface area contributed by atoms with Gasteiger partial charge in [0.1, 0.15) is 11.4 Å². The molecule has 5 heteroatoms. The monoisotopic (exact) mass is 262 g/mol. The smallest absolute Gasteiger partial charge is 0.254 e. The predicted octanol–water partition coefficient (Wildman–Crippen LogP) is 0.874. The lowest BCUT2D eigenvalue weighted by atomic mass is 9.88. The summed E-state index contributed by atoms with van der Waals surface area (Å²) in [5.41, 5.74) is 6.14. The van der Waals surface area contributed by atoms with Crippen LogP contribution in [-0.2, 0) is 0 Å². The van der Waals surface area contributed by atoms with Gasteiger partial charge >= 0.3 is 0 Å². The fourth-order valence-electron chi connectivity index (χ4n) is 2.66. The van der Waals surface area contributed by atoms with Crippen LogP contribution >= 0.6 is 0 Å². The molecule has 5 nitrogen and oxygen atoms in total. The fourth-order valence-corrected chi connectivity index (χ4v) is 2.66. The van der Waals surface area contributed by atoms with Crippen LogP contribution in [0.15, 0.2) is 18.2 Å². The van der Waals surface area contributed by atoms with Gasteiger partial charge < -0.3 is 20.5 Å². The van der Waals surface area contributed by atoms with Crippen molar-refractivity contribution in [2.24, 2.45) is 5.92 Å². The number of ether oxygens (including phenoxy) is 1. The van der Waals surface area contributed by atoms with Gasteiger partial charge in [0.2, 0.25) is 0 Å². The van der Waals surface area contributed by atoms with E-state index in [2.05, 4.69) is 0 Å². The molecule has 3 rings (SSSR count). The molecule has 2 fully saturated rings. The Hall–Kier alpha value is -1.75. The van der Waals surface area contributed by atoms with E-state index in [0.29, 0.717) is 36.0 Å². The molecule has 0 aromatic heterocycles. The third-order valence-electron chi connectivity index (χ3n) is 4.03. The van der Waals surface area contributed by atoms with Gasteiger partial charge in [-0.2, -0.15) is 0 Å². The van der Waals surface area contributed by atoms with Crippen LogP contribution in [0.3, 0.4) is 0 Å². The molecule has 102 valence electrons. The molecule has 1 aliphatic heterocycles. The van der Waals surface area contributed by atoms with Crippen molar-refractivity contribution in [3.63, 3.8) is 0 Å². The van der Waals surface area contributed by atoms with Gasteiger partial charge in [0.25, 0.3) is 5.91 Å². The number of likely N-dealkylation sites (tertiary alicyclic amines) is 1. The van der Waals surface area contributed by atoms with Crippen molar-refractivity contribution in [3.05, 3.63) is 23.8 Å². The van der Waals surface area contributed by atoms with E-state index >= 15 is 0 Å². The maximum absolute atomic E-state index is 12.3.